The molecule has 2 aliphatic heterocycles. The fourth-order valence-corrected chi connectivity index (χ4v) is 4.73. The van der Waals surface area contributed by atoms with Gasteiger partial charge in [0.05, 0.1) is 24.3 Å². The second-order valence-corrected chi connectivity index (χ2v) is 8.91. The van der Waals surface area contributed by atoms with Gasteiger partial charge in [-0.3, -0.25) is 9.69 Å². The molecule has 33 heavy (non-hydrogen) atoms. The molecule has 0 aliphatic carbocycles. The molecule has 0 saturated carbocycles. The Bertz CT molecular complexity index is 1310. The molecule has 0 saturated heterocycles. The Balaban J connectivity index is 1.84. The molecular weight excluding hydrogens is 418 g/mol. The molecule has 2 N–H and O–H groups in total. The van der Waals surface area contributed by atoms with Gasteiger partial charge >= 0.3 is 0 Å². The third-order valence-corrected chi connectivity index (χ3v) is 6.20. The molecule has 0 radical (unpaired) electrons. The maximum Gasteiger partial charge on any atom is 0.263 e. The van der Waals surface area contributed by atoms with Gasteiger partial charge in [-0.2, -0.15) is 0 Å². The first kappa shape index (κ1) is 20.9. The third kappa shape index (κ3) is 3.13. The first-order valence-electron chi connectivity index (χ1n) is 10.8. The van der Waals surface area contributed by atoms with Crippen molar-refractivity contribution in [2.24, 2.45) is 0 Å². The Morgan fingerprint density at radius 3 is 2.52 bits per heavy atom. The van der Waals surface area contributed by atoms with E-state index in [1.165, 1.54) is 7.11 Å². The number of nitrogens with zero attached hydrogens (tertiary/aromatic N) is 1. The molecule has 168 valence electrons. The summed E-state index contributed by atoms with van der Waals surface area (Å²) >= 11 is 0. The van der Waals surface area contributed by atoms with Gasteiger partial charge in [-0.1, -0.05) is 24.3 Å². The lowest BCUT2D eigenvalue weighted by molar-refractivity contribution is 0.0990. The Morgan fingerprint density at radius 1 is 1.09 bits per heavy atom. The quantitative estimate of drug-likeness (QED) is 0.571. The van der Waals surface area contributed by atoms with Crippen molar-refractivity contribution in [3.05, 3.63) is 82.4 Å². The predicted molar refractivity (Wildman–Crippen MR) is 126 cm³/mol. The van der Waals surface area contributed by atoms with Crippen LogP contribution in [0.5, 0.6) is 23.0 Å². The Hall–Kier alpha value is -3.93. The summed E-state index contributed by atoms with van der Waals surface area (Å²) in [5.74, 6) is 0.211. The number of ether oxygens (including phenoxy) is 2. The van der Waals surface area contributed by atoms with Crippen molar-refractivity contribution < 1.29 is 24.5 Å². The van der Waals surface area contributed by atoms with Gasteiger partial charge in [-0.15, -0.1) is 0 Å². The minimum absolute atomic E-state index is 0.0133. The van der Waals surface area contributed by atoms with Gasteiger partial charge in [0, 0.05) is 11.3 Å². The molecule has 0 aromatic heterocycles. The number of phenolic OH excluding ortho intramolecular Hbond substituents is 2. The molecule has 2 heterocycles. The number of amides is 1. The van der Waals surface area contributed by atoms with E-state index in [0.717, 1.165) is 5.56 Å². The van der Waals surface area contributed by atoms with E-state index in [9.17, 15) is 15.0 Å². The van der Waals surface area contributed by atoms with Crippen LogP contribution in [-0.4, -0.2) is 28.8 Å². The molecule has 0 bridgehead atoms. The summed E-state index contributed by atoms with van der Waals surface area (Å²) in [6.45, 7) is 5.68. The van der Waals surface area contributed by atoms with E-state index in [1.54, 1.807) is 17.0 Å². The molecule has 1 unspecified atom stereocenters. The van der Waals surface area contributed by atoms with Crippen LogP contribution in [0.1, 0.15) is 52.5 Å². The lowest BCUT2D eigenvalue weighted by Gasteiger charge is -2.33. The molecule has 0 spiro atoms. The molecule has 1 amide bonds. The smallest absolute Gasteiger partial charge is 0.263 e. The molecule has 5 rings (SSSR count). The van der Waals surface area contributed by atoms with Crippen LogP contribution in [0.3, 0.4) is 0 Å². The Morgan fingerprint density at radius 2 is 1.82 bits per heavy atom. The van der Waals surface area contributed by atoms with Crippen molar-refractivity contribution in [3.63, 3.8) is 0 Å². The van der Waals surface area contributed by atoms with Gasteiger partial charge in [0.15, 0.2) is 11.5 Å². The number of hydrogen-bond acceptors (Lipinski definition) is 5. The predicted octanol–water partition coefficient (Wildman–Crippen LogP) is 5.35. The largest absolute Gasteiger partial charge is 0.507 e. The number of hydrogen-bond donors (Lipinski definition) is 2. The molecule has 6 heteroatoms. The second-order valence-electron chi connectivity index (χ2n) is 8.91. The van der Waals surface area contributed by atoms with E-state index in [-0.39, 0.29) is 28.7 Å². The number of carbonyl (C=O) groups is 1. The van der Waals surface area contributed by atoms with Crippen LogP contribution in [-0.2, 0) is 0 Å². The van der Waals surface area contributed by atoms with Crippen molar-refractivity contribution in [1.29, 1.82) is 0 Å². The van der Waals surface area contributed by atoms with Crippen LogP contribution in [0, 0.1) is 6.92 Å². The summed E-state index contributed by atoms with van der Waals surface area (Å²) in [6.07, 6.45) is 3.92. The third-order valence-electron chi connectivity index (χ3n) is 6.20. The van der Waals surface area contributed by atoms with E-state index in [1.807, 2.05) is 69.3 Å². The van der Waals surface area contributed by atoms with E-state index in [4.69, 9.17) is 9.47 Å². The van der Waals surface area contributed by atoms with Gasteiger partial charge < -0.3 is 19.7 Å². The van der Waals surface area contributed by atoms with Crippen molar-refractivity contribution in [2.75, 3.05) is 12.0 Å². The van der Waals surface area contributed by atoms with Crippen LogP contribution in [0.2, 0.25) is 0 Å². The summed E-state index contributed by atoms with van der Waals surface area (Å²) in [7, 11) is 1.46. The highest BCUT2D eigenvalue weighted by Crippen LogP contribution is 2.53. The van der Waals surface area contributed by atoms with Crippen molar-refractivity contribution in [1.82, 2.24) is 0 Å². The van der Waals surface area contributed by atoms with Gasteiger partial charge in [-0.05, 0) is 68.3 Å². The lowest BCUT2D eigenvalue weighted by Crippen LogP contribution is -2.32. The van der Waals surface area contributed by atoms with E-state index >= 15 is 0 Å². The number of phenols is 2. The Labute approximate surface area is 192 Å². The zero-order chi connectivity index (χ0) is 23.5. The zero-order valence-corrected chi connectivity index (χ0v) is 18.9. The van der Waals surface area contributed by atoms with Gasteiger partial charge in [0.1, 0.15) is 17.1 Å². The number of carbonyl (C=O) groups excluding carboxylic acids is 1. The summed E-state index contributed by atoms with van der Waals surface area (Å²) in [5, 5.41) is 22.1. The minimum Gasteiger partial charge on any atom is -0.507 e. The maximum absolute atomic E-state index is 13.8. The van der Waals surface area contributed by atoms with Crippen molar-refractivity contribution in [3.8, 4) is 23.0 Å². The van der Waals surface area contributed by atoms with Crippen LogP contribution in [0.15, 0.2) is 54.6 Å². The number of anilines is 1. The first-order chi connectivity index (χ1) is 15.7. The topological polar surface area (TPSA) is 79.2 Å². The van der Waals surface area contributed by atoms with E-state index in [0.29, 0.717) is 28.1 Å². The zero-order valence-electron chi connectivity index (χ0n) is 18.9. The molecule has 6 nitrogen and oxygen atoms in total. The fraction of sp³-hybridized carbons (Fsp3) is 0.222. The molecule has 2 aliphatic rings. The molecule has 1 atom stereocenters. The summed E-state index contributed by atoms with van der Waals surface area (Å²) in [5.41, 5.74) is 2.77. The minimum atomic E-state index is -0.706. The van der Waals surface area contributed by atoms with Crippen molar-refractivity contribution >= 4 is 17.7 Å². The second kappa shape index (κ2) is 7.30. The number of aryl methyl sites for hydroxylation is 1. The highest BCUT2D eigenvalue weighted by molar-refractivity contribution is 6.14. The van der Waals surface area contributed by atoms with Crippen LogP contribution in [0.4, 0.5) is 5.69 Å². The Kier molecular flexibility index (Phi) is 4.64. The van der Waals surface area contributed by atoms with Crippen LogP contribution in [0.25, 0.3) is 6.08 Å². The lowest BCUT2D eigenvalue weighted by atomic mass is 9.90. The standard InChI is InChI=1S/C27H25NO5/c1-15-14-18-20(23(30)24(15)32-4)26(31)28(17-8-6-5-7-9-17)22(18)21-19(29)11-10-16-12-13-27(2,3)33-25(16)21/h5-14,22,29-30H,1-4H3. The summed E-state index contributed by atoms with van der Waals surface area (Å²) < 4.78 is 11.7. The van der Waals surface area contributed by atoms with Crippen LogP contribution < -0.4 is 14.4 Å². The van der Waals surface area contributed by atoms with E-state index in [2.05, 4.69) is 0 Å². The number of methoxy groups -OCH3 is 1. The van der Waals surface area contributed by atoms with Crippen LogP contribution >= 0.6 is 0 Å². The average molecular weight is 443 g/mol. The average Bonchev–Trinajstić information content (AvgIpc) is 3.05. The highest BCUT2D eigenvalue weighted by atomic mass is 16.5. The number of aromatic hydroxyl groups is 2. The number of benzene rings is 3. The van der Waals surface area contributed by atoms with Gasteiger partial charge in [-0.25, -0.2) is 0 Å². The molecule has 0 fully saturated rings. The molecular formula is C27H25NO5. The highest BCUT2D eigenvalue weighted by Gasteiger charge is 2.45. The normalized spacial score (nSPS) is 18.0. The number of fused-ring (bicyclic) bond motifs is 2. The van der Waals surface area contributed by atoms with E-state index < -0.39 is 11.6 Å². The number of para-hydroxylation sites is 1. The monoisotopic (exact) mass is 443 g/mol. The van der Waals surface area contributed by atoms with Crippen molar-refractivity contribution in [2.45, 2.75) is 32.4 Å². The fourth-order valence-electron chi connectivity index (χ4n) is 4.73. The maximum atomic E-state index is 13.8. The molecule has 3 aromatic rings. The summed E-state index contributed by atoms with van der Waals surface area (Å²) in [4.78, 5) is 15.4. The number of rotatable bonds is 3. The molecule has 3 aromatic carbocycles. The van der Waals surface area contributed by atoms with Gasteiger partial charge in [0.25, 0.3) is 5.91 Å². The van der Waals surface area contributed by atoms with Gasteiger partial charge in [0.2, 0.25) is 0 Å². The summed E-state index contributed by atoms with van der Waals surface area (Å²) in [6, 6.07) is 13.8. The first-order valence-corrected chi connectivity index (χ1v) is 10.8. The SMILES string of the molecule is COc1c(C)cc2c(c1O)C(=O)N(c1ccccc1)C2c1c(O)ccc2c1OC(C)(C)C=C2.